The number of hydrogen-bond acceptors (Lipinski definition) is 6. The maximum absolute atomic E-state index is 12.6. The third kappa shape index (κ3) is 19.0. The first-order chi connectivity index (χ1) is 22.5. The average molecular weight is 701 g/mol. The van der Waals surface area contributed by atoms with Crippen molar-refractivity contribution in [2.75, 3.05) is 18.5 Å². The van der Waals surface area contributed by atoms with Gasteiger partial charge < -0.3 is 14.8 Å². The third-order valence-electron chi connectivity index (χ3n) is 7.99. The van der Waals surface area contributed by atoms with Crippen LogP contribution in [0.4, 0.5) is 11.4 Å². The molecule has 0 bridgehead atoms. The van der Waals surface area contributed by atoms with Gasteiger partial charge in [-0.25, -0.2) is 4.79 Å². The Labute approximate surface area is 286 Å². The number of nitrogens with zero attached hydrogens (tertiary/aromatic N) is 2. The minimum absolute atomic E-state index is 0.330. The van der Waals surface area contributed by atoms with Crippen molar-refractivity contribution in [2.24, 2.45) is 10.2 Å². The van der Waals surface area contributed by atoms with Crippen LogP contribution in [-0.2, 0) is 9.53 Å². The van der Waals surface area contributed by atoms with Crippen molar-refractivity contribution >= 4 is 39.2 Å². The first-order valence-corrected chi connectivity index (χ1v) is 18.9. The molecule has 2 aromatic carbocycles. The van der Waals surface area contributed by atoms with Crippen molar-refractivity contribution in [3.05, 3.63) is 54.1 Å². The molecule has 0 aliphatic rings. The summed E-state index contributed by atoms with van der Waals surface area (Å²) in [5.41, 5.74) is 1.79. The van der Waals surface area contributed by atoms with Gasteiger partial charge in [-0.15, -0.1) is 0 Å². The van der Waals surface area contributed by atoms with E-state index in [2.05, 4.69) is 38.4 Å². The molecule has 7 nitrogen and oxygen atoms in total. The number of halogens is 1. The number of carbonyl (C=O) groups is 2. The number of ether oxygens (including phenoxy) is 2. The molecule has 1 N–H and O–H groups in total. The summed E-state index contributed by atoms with van der Waals surface area (Å²) in [7, 11) is 0. The Morgan fingerprint density at radius 3 is 1.63 bits per heavy atom. The molecule has 0 saturated carbocycles. The van der Waals surface area contributed by atoms with Gasteiger partial charge in [-0.2, -0.15) is 10.2 Å². The van der Waals surface area contributed by atoms with Crippen LogP contribution in [-0.4, -0.2) is 36.5 Å². The average Bonchev–Trinajstić information content (AvgIpc) is 3.07. The number of carbonyl (C=O) groups excluding carboxylic acids is 2. The lowest BCUT2D eigenvalue weighted by Crippen LogP contribution is -2.39. The van der Waals surface area contributed by atoms with Crippen LogP contribution >= 0.6 is 15.9 Å². The molecule has 8 heteroatoms. The summed E-state index contributed by atoms with van der Waals surface area (Å²) in [6.45, 7) is 5.01. The van der Waals surface area contributed by atoms with Gasteiger partial charge >= 0.3 is 5.97 Å². The van der Waals surface area contributed by atoms with Gasteiger partial charge in [0.05, 0.1) is 24.6 Å². The van der Waals surface area contributed by atoms with Crippen LogP contribution in [0.5, 0.6) is 5.75 Å². The number of esters is 1. The zero-order valence-corrected chi connectivity index (χ0v) is 30.0. The summed E-state index contributed by atoms with van der Waals surface area (Å²) in [4.78, 5) is 25.0. The standard InChI is InChI=1S/C38H58BrN3O4/c1-3-4-5-6-7-8-10-14-17-20-31-46-38(44)32(2)40-37(43)33-21-23-34(24-22-33)41-42-35-25-27-36(28-26-35)45-30-19-16-13-11-9-12-15-18-29-39/h21-28,32H,3-20,29-31H2,1-2H3,(H,40,43)/t32-/m0/s1. The summed E-state index contributed by atoms with van der Waals surface area (Å²) in [5.74, 6) is 0.0951. The number of rotatable bonds is 27. The van der Waals surface area contributed by atoms with Gasteiger partial charge in [0, 0.05) is 10.9 Å². The molecule has 0 aliphatic heterocycles. The van der Waals surface area contributed by atoms with Gasteiger partial charge in [0.1, 0.15) is 11.8 Å². The summed E-state index contributed by atoms with van der Waals surface area (Å²) in [6, 6.07) is 13.7. The van der Waals surface area contributed by atoms with E-state index >= 15 is 0 Å². The van der Waals surface area contributed by atoms with Crippen LogP contribution in [0.1, 0.15) is 140 Å². The fourth-order valence-corrected chi connectivity index (χ4v) is 5.47. The number of benzene rings is 2. The quantitative estimate of drug-likeness (QED) is 0.0435. The number of hydrogen-bond donors (Lipinski definition) is 1. The lowest BCUT2D eigenvalue weighted by Gasteiger charge is -2.13. The maximum atomic E-state index is 12.6. The van der Waals surface area contributed by atoms with Crippen LogP contribution < -0.4 is 10.1 Å². The maximum Gasteiger partial charge on any atom is 0.328 e. The highest BCUT2D eigenvalue weighted by molar-refractivity contribution is 9.09. The van der Waals surface area contributed by atoms with Gasteiger partial charge in [0.2, 0.25) is 0 Å². The molecule has 1 amide bonds. The predicted molar refractivity (Wildman–Crippen MR) is 193 cm³/mol. The molecule has 0 aliphatic carbocycles. The minimum atomic E-state index is -0.717. The van der Waals surface area contributed by atoms with Crippen molar-refractivity contribution in [1.82, 2.24) is 5.32 Å². The van der Waals surface area contributed by atoms with Crippen LogP contribution in [0, 0.1) is 0 Å². The first kappa shape index (κ1) is 39.4. The Bertz CT molecular complexity index is 1090. The van der Waals surface area contributed by atoms with E-state index in [1.54, 1.807) is 31.2 Å². The minimum Gasteiger partial charge on any atom is -0.494 e. The molecule has 0 spiro atoms. The molecule has 256 valence electrons. The van der Waals surface area contributed by atoms with Gasteiger partial charge in [0.15, 0.2) is 0 Å². The largest absolute Gasteiger partial charge is 0.494 e. The normalized spacial score (nSPS) is 11.9. The van der Waals surface area contributed by atoms with Crippen LogP contribution in [0.25, 0.3) is 0 Å². The Kier molecular flexibility index (Phi) is 22.6. The smallest absolute Gasteiger partial charge is 0.328 e. The molecule has 0 aromatic heterocycles. The topological polar surface area (TPSA) is 89.3 Å². The second-order valence-electron chi connectivity index (χ2n) is 12.2. The lowest BCUT2D eigenvalue weighted by molar-refractivity contribution is -0.145. The number of alkyl halides is 1. The number of unbranched alkanes of at least 4 members (excludes halogenated alkanes) is 16. The summed E-state index contributed by atoms with van der Waals surface area (Å²) < 4.78 is 11.2. The van der Waals surface area contributed by atoms with E-state index in [1.807, 2.05) is 24.3 Å². The van der Waals surface area contributed by atoms with E-state index in [0.717, 1.165) is 42.6 Å². The van der Waals surface area contributed by atoms with E-state index < -0.39 is 12.0 Å². The van der Waals surface area contributed by atoms with Crippen LogP contribution in [0.3, 0.4) is 0 Å². The van der Waals surface area contributed by atoms with Gasteiger partial charge in [-0.1, -0.05) is 119 Å². The highest BCUT2D eigenvalue weighted by Gasteiger charge is 2.18. The Hall–Kier alpha value is -2.74. The lowest BCUT2D eigenvalue weighted by atomic mass is 10.1. The first-order valence-electron chi connectivity index (χ1n) is 17.8. The fraction of sp³-hybridized carbons (Fsp3) is 0.632. The molecule has 0 heterocycles. The summed E-state index contributed by atoms with van der Waals surface area (Å²) in [5, 5.41) is 12.4. The van der Waals surface area contributed by atoms with Crippen molar-refractivity contribution in [3.63, 3.8) is 0 Å². The van der Waals surface area contributed by atoms with Gasteiger partial charge in [0.25, 0.3) is 5.91 Å². The Balaban J connectivity index is 1.59. The highest BCUT2D eigenvalue weighted by Crippen LogP contribution is 2.22. The van der Waals surface area contributed by atoms with Crippen molar-refractivity contribution in [3.8, 4) is 5.75 Å². The Morgan fingerprint density at radius 2 is 1.11 bits per heavy atom. The highest BCUT2D eigenvalue weighted by atomic mass is 79.9. The SMILES string of the molecule is CCCCCCCCCCCCOC(=O)[C@H](C)NC(=O)c1ccc(N=Nc2ccc(OCCCCCCCCCCBr)cc2)cc1. The van der Waals surface area contributed by atoms with Crippen LogP contribution in [0.15, 0.2) is 58.8 Å². The summed E-state index contributed by atoms with van der Waals surface area (Å²) >= 11 is 3.48. The molecule has 0 radical (unpaired) electrons. The van der Waals surface area contributed by atoms with Crippen LogP contribution in [0.2, 0.25) is 0 Å². The molecule has 2 rings (SSSR count). The van der Waals surface area contributed by atoms with Crippen molar-refractivity contribution < 1.29 is 19.1 Å². The summed E-state index contributed by atoms with van der Waals surface area (Å²) in [6.07, 6.45) is 22.4. The molecule has 2 aromatic rings. The fourth-order valence-electron chi connectivity index (χ4n) is 5.08. The van der Waals surface area contributed by atoms with Crippen molar-refractivity contribution in [2.45, 2.75) is 135 Å². The molecule has 0 fully saturated rings. The third-order valence-corrected chi connectivity index (χ3v) is 8.55. The second kappa shape index (κ2) is 26.3. The van der Waals surface area contributed by atoms with E-state index in [9.17, 15) is 9.59 Å². The molecular formula is C38H58BrN3O4. The molecule has 0 unspecified atom stereocenters. The zero-order valence-electron chi connectivity index (χ0n) is 28.5. The molecular weight excluding hydrogens is 642 g/mol. The number of nitrogens with one attached hydrogen (secondary N) is 1. The monoisotopic (exact) mass is 699 g/mol. The number of amides is 1. The Morgan fingerprint density at radius 1 is 0.652 bits per heavy atom. The van der Waals surface area contributed by atoms with E-state index in [0.29, 0.717) is 17.9 Å². The second-order valence-corrected chi connectivity index (χ2v) is 12.9. The molecule has 46 heavy (non-hydrogen) atoms. The van der Waals surface area contributed by atoms with Gasteiger partial charge in [-0.05, 0) is 74.7 Å². The zero-order chi connectivity index (χ0) is 33.1. The van der Waals surface area contributed by atoms with Crippen molar-refractivity contribution in [1.29, 1.82) is 0 Å². The van der Waals surface area contributed by atoms with E-state index in [-0.39, 0.29) is 5.91 Å². The van der Waals surface area contributed by atoms with Gasteiger partial charge in [-0.3, -0.25) is 4.79 Å². The number of azo groups is 1. The molecule has 0 saturated heterocycles. The van der Waals surface area contributed by atoms with E-state index in [1.165, 1.54) is 96.3 Å². The molecule has 1 atom stereocenters. The van der Waals surface area contributed by atoms with E-state index in [4.69, 9.17) is 9.47 Å². The predicted octanol–water partition coefficient (Wildman–Crippen LogP) is 11.6.